The molecule has 2 unspecified atom stereocenters. The molecule has 1 aromatic heterocycles. The molecule has 0 amide bonds. The van der Waals surface area contributed by atoms with Crippen LogP contribution < -0.4 is 10.1 Å². The Balaban J connectivity index is 1.73. The number of pyridine rings is 1. The number of ketones is 1. The van der Waals surface area contributed by atoms with Crippen molar-refractivity contribution in [1.82, 2.24) is 4.98 Å². The first-order valence-electron chi connectivity index (χ1n) is 8.92. The van der Waals surface area contributed by atoms with Crippen molar-refractivity contribution in [3.05, 3.63) is 53.2 Å². The van der Waals surface area contributed by atoms with Crippen LogP contribution in [0.3, 0.4) is 0 Å². The molecule has 132 valence electrons. The van der Waals surface area contributed by atoms with Crippen LogP contribution in [0.15, 0.2) is 36.4 Å². The van der Waals surface area contributed by atoms with Crippen LogP contribution in [-0.4, -0.2) is 17.9 Å². The number of hydrogen-bond acceptors (Lipinski definition) is 4. The van der Waals surface area contributed by atoms with Crippen molar-refractivity contribution in [3.8, 4) is 5.75 Å². The third-order valence-corrected chi connectivity index (χ3v) is 5.02. The fourth-order valence-electron chi connectivity index (χ4n) is 3.45. The van der Waals surface area contributed by atoms with Gasteiger partial charge in [0.1, 0.15) is 17.4 Å². The van der Waals surface area contributed by atoms with Gasteiger partial charge in [-0.05, 0) is 54.7 Å². The van der Waals surface area contributed by atoms with Crippen LogP contribution in [0.5, 0.6) is 5.75 Å². The van der Waals surface area contributed by atoms with Crippen molar-refractivity contribution in [2.45, 2.75) is 45.6 Å². The van der Waals surface area contributed by atoms with E-state index in [2.05, 4.69) is 31.3 Å². The van der Waals surface area contributed by atoms with Gasteiger partial charge < -0.3 is 10.1 Å². The van der Waals surface area contributed by atoms with E-state index in [-0.39, 0.29) is 5.92 Å². The molecule has 1 aliphatic carbocycles. The number of nitrogens with one attached hydrogen (secondary N) is 1. The lowest BCUT2D eigenvalue weighted by molar-refractivity contribution is -0.121. The predicted molar refractivity (Wildman–Crippen MR) is 100 cm³/mol. The Morgan fingerprint density at radius 2 is 2.00 bits per heavy atom. The van der Waals surface area contributed by atoms with Gasteiger partial charge in [0.05, 0.1) is 7.11 Å². The lowest BCUT2D eigenvalue weighted by Crippen LogP contribution is -2.22. The number of anilines is 1. The van der Waals surface area contributed by atoms with E-state index >= 15 is 0 Å². The fraction of sp³-hybridized carbons (Fsp3) is 0.429. The molecule has 1 N–H and O–H groups in total. The van der Waals surface area contributed by atoms with E-state index < -0.39 is 0 Å². The molecule has 0 bridgehead atoms. The summed E-state index contributed by atoms with van der Waals surface area (Å²) in [6.45, 7) is 5.02. The largest absolute Gasteiger partial charge is 0.497 e. The highest BCUT2D eigenvalue weighted by molar-refractivity contribution is 5.80. The van der Waals surface area contributed by atoms with Crippen LogP contribution in [0, 0.1) is 12.8 Å². The Morgan fingerprint density at radius 1 is 1.24 bits per heavy atom. The SMILES string of the molecule is COc1ccc(CNc2cc(C)cc(C3CC(=O)CCC3C)n2)cc1. The molecule has 1 aliphatic rings. The Morgan fingerprint density at radius 3 is 2.72 bits per heavy atom. The number of carbonyl (C=O) groups is 1. The first-order valence-corrected chi connectivity index (χ1v) is 8.92. The van der Waals surface area contributed by atoms with E-state index in [4.69, 9.17) is 9.72 Å². The zero-order chi connectivity index (χ0) is 17.8. The second-order valence-corrected chi connectivity index (χ2v) is 7.02. The molecule has 1 fully saturated rings. The Labute approximate surface area is 149 Å². The first kappa shape index (κ1) is 17.5. The lowest BCUT2D eigenvalue weighted by Gasteiger charge is -2.28. The van der Waals surface area contributed by atoms with Gasteiger partial charge in [-0.1, -0.05) is 19.1 Å². The number of aryl methyl sites for hydroxylation is 1. The number of hydrogen-bond donors (Lipinski definition) is 1. The van der Waals surface area contributed by atoms with Crippen molar-refractivity contribution >= 4 is 11.6 Å². The molecule has 1 heterocycles. The number of rotatable bonds is 5. The van der Waals surface area contributed by atoms with Gasteiger partial charge >= 0.3 is 0 Å². The maximum atomic E-state index is 11.9. The van der Waals surface area contributed by atoms with Crippen LogP contribution in [0.4, 0.5) is 5.82 Å². The number of nitrogens with zero attached hydrogens (tertiary/aromatic N) is 1. The van der Waals surface area contributed by atoms with Gasteiger partial charge in [-0.3, -0.25) is 4.79 Å². The van der Waals surface area contributed by atoms with Crippen LogP contribution in [0.2, 0.25) is 0 Å². The molecule has 4 nitrogen and oxygen atoms in total. The number of ether oxygens (including phenoxy) is 1. The second kappa shape index (κ2) is 7.68. The monoisotopic (exact) mass is 338 g/mol. The van der Waals surface area contributed by atoms with Crippen molar-refractivity contribution in [2.75, 3.05) is 12.4 Å². The number of benzene rings is 1. The average Bonchev–Trinajstić information content (AvgIpc) is 2.62. The van der Waals surface area contributed by atoms with Gasteiger partial charge in [-0.15, -0.1) is 0 Å². The number of methoxy groups -OCH3 is 1. The molecule has 2 atom stereocenters. The molecule has 0 radical (unpaired) electrons. The highest BCUT2D eigenvalue weighted by Crippen LogP contribution is 2.35. The van der Waals surface area contributed by atoms with E-state index in [1.54, 1.807) is 7.11 Å². The van der Waals surface area contributed by atoms with Gasteiger partial charge in [0, 0.05) is 31.0 Å². The number of carbonyl (C=O) groups excluding carboxylic acids is 1. The third kappa shape index (κ3) is 4.38. The molecule has 3 rings (SSSR count). The fourth-order valence-corrected chi connectivity index (χ4v) is 3.45. The average molecular weight is 338 g/mol. The van der Waals surface area contributed by atoms with E-state index in [1.807, 2.05) is 24.3 Å². The molecular formula is C21H26N2O2. The molecule has 1 saturated carbocycles. The van der Waals surface area contributed by atoms with Gasteiger partial charge in [-0.2, -0.15) is 0 Å². The van der Waals surface area contributed by atoms with Gasteiger partial charge in [0.25, 0.3) is 0 Å². The zero-order valence-electron chi connectivity index (χ0n) is 15.2. The van der Waals surface area contributed by atoms with Gasteiger partial charge in [0.15, 0.2) is 0 Å². The first-order chi connectivity index (χ1) is 12.0. The Hall–Kier alpha value is -2.36. The summed E-state index contributed by atoms with van der Waals surface area (Å²) in [6.07, 6.45) is 2.30. The summed E-state index contributed by atoms with van der Waals surface area (Å²) in [4.78, 5) is 16.7. The summed E-state index contributed by atoms with van der Waals surface area (Å²) in [7, 11) is 1.67. The predicted octanol–water partition coefficient (Wildman–Crippen LogP) is 4.48. The zero-order valence-corrected chi connectivity index (χ0v) is 15.2. The van der Waals surface area contributed by atoms with Crippen molar-refractivity contribution in [3.63, 3.8) is 0 Å². The van der Waals surface area contributed by atoms with Crippen LogP contribution in [-0.2, 0) is 11.3 Å². The minimum atomic E-state index is 0.239. The Bertz CT molecular complexity index is 740. The standard InChI is InChI=1S/C21H26N2O2/c1-14-10-20(19-12-17(24)7-4-15(19)2)23-21(11-14)22-13-16-5-8-18(25-3)9-6-16/h5-6,8-11,15,19H,4,7,12-13H2,1-3H3,(H,22,23). The molecule has 0 saturated heterocycles. The molecule has 2 aromatic rings. The topological polar surface area (TPSA) is 51.2 Å². The lowest BCUT2D eigenvalue weighted by atomic mass is 9.77. The molecule has 1 aromatic carbocycles. The summed E-state index contributed by atoms with van der Waals surface area (Å²) in [5, 5.41) is 3.41. The van der Waals surface area contributed by atoms with E-state index in [1.165, 1.54) is 11.1 Å². The van der Waals surface area contributed by atoms with Crippen molar-refractivity contribution in [1.29, 1.82) is 0 Å². The highest BCUT2D eigenvalue weighted by Gasteiger charge is 2.28. The summed E-state index contributed by atoms with van der Waals surface area (Å²) >= 11 is 0. The van der Waals surface area contributed by atoms with Crippen LogP contribution in [0.25, 0.3) is 0 Å². The molecule has 4 heteroatoms. The van der Waals surface area contributed by atoms with E-state index in [9.17, 15) is 4.79 Å². The molecular weight excluding hydrogens is 312 g/mol. The van der Waals surface area contributed by atoms with E-state index in [0.29, 0.717) is 31.1 Å². The molecule has 0 spiro atoms. The van der Waals surface area contributed by atoms with Crippen LogP contribution >= 0.6 is 0 Å². The number of aromatic nitrogens is 1. The van der Waals surface area contributed by atoms with E-state index in [0.717, 1.165) is 23.7 Å². The summed E-state index contributed by atoms with van der Waals surface area (Å²) in [6, 6.07) is 12.2. The minimum Gasteiger partial charge on any atom is -0.497 e. The quantitative estimate of drug-likeness (QED) is 0.873. The van der Waals surface area contributed by atoms with Gasteiger partial charge in [-0.25, -0.2) is 4.98 Å². The Kier molecular flexibility index (Phi) is 5.37. The number of Topliss-reactive ketones (excluding diaryl/α,β-unsaturated/α-hetero) is 1. The van der Waals surface area contributed by atoms with Crippen molar-refractivity contribution in [2.24, 2.45) is 5.92 Å². The van der Waals surface area contributed by atoms with Gasteiger partial charge in [0.2, 0.25) is 0 Å². The normalized spacial score (nSPS) is 20.4. The molecule has 25 heavy (non-hydrogen) atoms. The maximum absolute atomic E-state index is 11.9. The summed E-state index contributed by atoms with van der Waals surface area (Å²) < 4.78 is 5.19. The van der Waals surface area contributed by atoms with Crippen molar-refractivity contribution < 1.29 is 9.53 Å². The van der Waals surface area contributed by atoms with Crippen LogP contribution in [0.1, 0.15) is 48.9 Å². The maximum Gasteiger partial charge on any atom is 0.133 e. The molecule has 0 aliphatic heterocycles. The summed E-state index contributed by atoms with van der Waals surface area (Å²) in [5.74, 6) is 2.83. The third-order valence-electron chi connectivity index (χ3n) is 5.02. The highest BCUT2D eigenvalue weighted by atomic mass is 16.5. The smallest absolute Gasteiger partial charge is 0.133 e. The summed E-state index contributed by atoms with van der Waals surface area (Å²) in [5.41, 5.74) is 3.39. The minimum absolute atomic E-state index is 0.239. The second-order valence-electron chi connectivity index (χ2n) is 7.02.